The van der Waals surface area contributed by atoms with Crippen LogP contribution in [-0.2, 0) is 10.0 Å². The fourth-order valence-electron chi connectivity index (χ4n) is 1.20. The van der Waals surface area contributed by atoms with Crippen LogP contribution >= 0.6 is 23.2 Å². The number of nitrogens with one attached hydrogen (secondary N) is 2. The quantitative estimate of drug-likeness (QED) is 0.827. The average Bonchev–Trinajstić information content (AvgIpc) is 2.21. The zero-order chi connectivity index (χ0) is 13.1. The Balaban J connectivity index is 2.87. The highest BCUT2D eigenvalue weighted by molar-refractivity contribution is 7.89. The molecule has 0 radical (unpaired) electrons. The molecule has 0 amide bonds. The lowest BCUT2D eigenvalue weighted by atomic mass is 10.4. The van der Waals surface area contributed by atoms with Gasteiger partial charge in [-0.3, -0.25) is 0 Å². The monoisotopic (exact) mass is 297 g/mol. The highest BCUT2D eigenvalue weighted by Gasteiger charge is 2.19. The lowest BCUT2D eigenvalue weighted by Gasteiger charge is -2.10. The summed E-state index contributed by atoms with van der Waals surface area (Å²) in [6.45, 7) is 1.05. The lowest BCUT2D eigenvalue weighted by molar-refractivity contribution is -0.856. The molecule has 2 N–H and O–H groups in total. The summed E-state index contributed by atoms with van der Waals surface area (Å²) in [6.07, 6.45) is 0. The summed E-state index contributed by atoms with van der Waals surface area (Å²) in [4.78, 5) is 1.17. The van der Waals surface area contributed by atoms with E-state index in [0.29, 0.717) is 13.1 Å². The van der Waals surface area contributed by atoms with Crippen LogP contribution in [0.4, 0.5) is 0 Å². The van der Waals surface area contributed by atoms with Gasteiger partial charge in [-0.2, -0.15) is 0 Å². The van der Waals surface area contributed by atoms with E-state index in [9.17, 15) is 8.42 Å². The first-order valence-electron chi connectivity index (χ1n) is 5.07. The van der Waals surface area contributed by atoms with Crippen molar-refractivity contribution in [2.45, 2.75) is 4.90 Å². The fourth-order valence-corrected chi connectivity index (χ4v) is 3.00. The first kappa shape index (κ1) is 14.7. The van der Waals surface area contributed by atoms with Gasteiger partial charge in [0.1, 0.15) is 4.90 Å². The van der Waals surface area contributed by atoms with E-state index in [-0.39, 0.29) is 14.9 Å². The Labute approximate surface area is 112 Å². The summed E-state index contributed by atoms with van der Waals surface area (Å²) in [6, 6.07) is 4.53. The van der Waals surface area contributed by atoms with Crippen molar-refractivity contribution < 1.29 is 13.3 Å². The van der Waals surface area contributed by atoms with E-state index in [0.717, 1.165) is 4.90 Å². The van der Waals surface area contributed by atoms with Crippen molar-refractivity contribution in [1.29, 1.82) is 0 Å². The number of hydrogen-bond acceptors (Lipinski definition) is 2. The molecule has 0 bridgehead atoms. The van der Waals surface area contributed by atoms with Gasteiger partial charge >= 0.3 is 0 Å². The molecular weight excluding hydrogens is 283 g/mol. The van der Waals surface area contributed by atoms with Gasteiger partial charge in [0.05, 0.1) is 37.2 Å². The van der Waals surface area contributed by atoms with Crippen LogP contribution in [0, 0.1) is 0 Å². The first-order chi connectivity index (χ1) is 7.84. The van der Waals surface area contributed by atoms with Gasteiger partial charge in [-0.1, -0.05) is 29.3 Å². The van der Waals surface area contributed by atoms with E-state index in [1.54, 1.807) is 12.1 Å². The molecule has 0 aromatic heterocycles. The largest absolute Gasteiger partial charge is 0.339 e. The van der Waals surface area contributed by atoms with Gasteiger partial charge in [0.25, 0.3) is 0 Å². The predicted octanol–water partition coefficient (Wildman–Crippen LogP) is 0.416. The minimum atomic E-state index is -3.59. The molecule has 0 spiro atoms. The first-order valence-corrected chi connectivity index (χ1v) is 7.31. The van der Waals surface area contributed by atoms with Crippen LogP contribution in [0.3, 0.4) is 0 Å². The molecule has 1 aromatic rings. The van der Waals surface area contributed by atoms with Crippen LogP contribution in [-0.4, -0.2) is 35.6 Å². The van der Waals surface area contributed by atoms with Crippen molar-refractivity contribution >= 4 is 33.2 Å². The van der Waals surface area contributed by atoms with Crippen molar-refractivity contribution in [1.82, 2.24) is 4.72 Å². The van der Waals surface area contributed by atoms with Gasteiger partial charge in [0.2, 0.25) is 10.0 Å². The SMILES string of the molecule is C[NH+](C)CCNS(=O)(=O)c1cccc(Cl)c1Cl. The molecule has 0 heterocycles. The van der Waals surface area contributed by atoms with Crippen molar-refractivity contribution in [2.75, 3.05) is 27.2 Å². The number of hydrogen-bond donors (Lipinski definition) is 2. The maximum absolute atomic E-state index is 11.9. The molecule has 0 aliphatic rings. The third-order valence-corrected chi connectivity index (χ3v) is 4.56. The molecule has 0 saturated carbocycles. The van der Waals surface area contributed by atoms with Gasteiger partial charge in [0, 0.05) is 0 Å². The normalized spacial score (nSPS) is 12.1. The van der Waals surface area contributed by atoms with Crippen LogP contribution < -0.4 is 9.62 Å². The van der Waals surface area contributed by atoms with E-state index in [4.69, 9.17) is 23.2 Å². The number of halogens is 2. The molecule has 0 aliphatic heterocycles. The minimum absolute atomic E-state index is 0.0143. The zero-order valence-corrected chi connectivity index (χ0v) is 12.0. The summed E-state index contributed by atoms with van der Waals surface area (Å²) in [5, 5.41) is 0.284. The standard InChI is InChI=1S/C10H14Cl2N2O2S/c1-14(2)7-6-13-17(15,16)9-5-3-4-8(11)10(9)12/h3-5,13H,6-7H2,1-2H3/p+1. The second-order valence-corrected chi connectivity index (χ2v) is 6.43. The molecule has 0 fully saturated rings. The lowest BCUT2D eigenvalue weighted by Crippen LogP contribution is -3.06. The van der Waals surface area contributed by atoms with Gasteiger partial charge in [-0.05, 0) is 12.1 Å². The molecule has 0 unspecified atom stereocenters. The van der Waals surface area contributed by atoms with Crippen molar-refractivity contribution in [2.24, 2.45) is 0 Å². The minimum Gasteiger partial charge on any atom is -0.339 e. The highest BCUT2D eigenvalue weighted by Crippen LogP contribution is 2.28. The Hall–Kier alpha value is -0.330. The van der Waals surface area contributed by atoms with E-state index in [2.05, 4.69) is 4.72 Å². The molecule has 7 heteroatoms. The Morgan fingerprint density at radius 1 is 1.29 bits per heavy atom. The molecule has 0 atom stereocenters. The third-order valence-electron chi connectivity index (χ3n) is 2.12. The van der Waals surface area contributed by atoms with Gasteiger partial charge in [-0.15, -0.1) is 0 Å². The van der Waals surface area contributed by atoms with Crippen LogP contribution in [0.5, 0.6) is 0 Å². The number of sulfonamides is 1. The van der Waals surface area contributed by atoms with Crippen molar-refractivity contribution in [3.8, 4) is 0 Å². The molecular formula is C10H15Cl2N2O2S+. The van der Waals surface area contributed by atoms with Gasteiger partial charge in [-0.25, -0.2) is 13.1 Å². The molecule has 1 aromatic carbocycles. The maximum Gasteiger partial charge on any atom is 0.242 e. The molecule has 96 valence electrons. The number of quaternary nitrogens is 1. The Morgan fingerprint density at radius 2 is 1.94 bits per heavy atom. The second-order valence-electron chi connectivity index (χ2n) is 3.91. The van der Waals surface area contributed by atoms with Gasteiger partial charge in [0.15, 0.2) is 0 Å². The molecule has 1 rings (SSSR count). The number of benzene rings is 1. The summed E-state index contributed by atoms with van der Waals surface area (Å²) in [5.74, 6) is 0. The van der Waals surface area contributed by atoms with E-state index in [1.807, 2.05) is 14.1 Å². The molecule has 4 nitrogen and oxygen atoms in total. The van der Waals surface area contributed by atoms with E-state index >= 15 is 0 Å². The highest BCUT2D eigenvalue weighted by atomic mass is 35.5. The van der Waals surface area contributed by atoms with E-state index < -0.39 is 10.0 Å². The topological polar surface area (TPSA) is 50.6 Å². The predicted molar refractivity (Wildman–Crippen MR) is 69.3 cm³/mol. The van der Waals surface area contributed by atoms with Crippen LogP contribution in [0.1, 0.15) is 0 Å². The zero-order valence-electron chi connectivity index (χ0n) is 9.63. The second kappa shape index (κ2) is 6.02. The van der Waals surface area contributed by atoms with E-state index in [1.165, 1.54) is 6.07 Å². The van der Waals surface area contributed by atoms with Crippen molar-refractivity contribution in [3.63, 3.8) is 0 Å². The average molecular weight is 298 g/mol. The Kier molecular flexibility index (Phi) is 5.22. The van der Waals surface area contributed by atoms with Gasteiger partial charge < -0.3 is 4.90 Å². The third kappa shape index (κ3) is 4.12. The molecule has 0 aliphatic carbocycles. The van der Waals surface area contributed by atoms with Crippen LogP contribution in [0.15, 0.2) is 23.1 Å². The fraction of sp³-hybridized carbons (Fsp3) is 0.400. The smallest absolute Gasteiger partial charge is 0.242 e. The number of rotatable bonds is 5. The number of likely N-dealkylation sites (N-methyl/N-ethyl adjacent to an activating group) is 1. The summed E-state index contributed by atoms with van der Waals surface area (Å²) >= 11 is 11.6. The summed E-state index contributed by atoms with van der Waals surface area (Å²) < 4.78 is 26.3. The molecule has 17 heavy (non-hydrogen) atoms. The summed E-state index contributed by atoms with van der Waals surface area (Å²) in [7, 11) is 0.301. The van der Waals surface area contributed by atoms with Crippen molar-refractivity contribution in [3.05, 3.63) is 28.2 Å². The van der Waals surface area contributed by atoms with Crippen LogP contribution in [0.2, 0.25) is 10.0 Å². The van der Waals surface area contributed by atoms with Crippen LogP contribution in [0.25, 0.3) is 0 Å². The summed E-state index contributed by atoms with van der Waals surface area (Å²) in [5.41, 5.74) is 0. The molecule has 0 saturated heterocycles. The maximum atomic E-state index is 11.9. The Morgan fingerprint density at radius 3 is 2.53 bits per heavy atom. The Bertz CT molecular complexity index is 489.